The molecule has 2 heterocycles. The third-order valence-corrected chi connectivity index (χ3v) is 7.87. The van der Waals surface area contributed by atoms with Crippen LogP contribution in [-0.2, 0) is 4.84 Å². The molecule has 4 aromatic rings. The molecule has 0 saturated heterocycles. The predicted molar refractivity (Wildman–Crippen MR) is 182 cm³/mol. The maximum absolute atomic E-state index is 13.7. The molecular weight excluding hydrogens is 758 g/mol. The highest BCUT2D eigenvalue weighted by Crippen LogP contribution is 2.29. The molecule has 0 atom stereocenters. The number of hydrogen-bond acceptors (Lipinski definition) is 13. The molecule has 0 radical (unpaired) electrons. The molecule has 2 aromatic heterocycles. The van der Waals surface area contributed by atoms with E-state index in [2.05, 4.69) is 40.6 Å². The summed E-state index contributed by atoms with van der Waals surface area (Å²) >= 11 is 5.78. The van der Waals surface area contributed by atoms with Gasteiger partial charge in [-0.2, -0.15) is 0 Å². The van der Waals surface area contributed by atoms with Gasteiger partial charge >= 0.3 is 0 Å². The quantitative estimate of drug-likeness (QED) is 0.0611. The van der Waals surface area contributed by atoms with E-state index in [1.807, 2.05) is 13.8 Å². The molecule has 0 fully saturated rings. The Labute approximate surface area is 296 Å². The summed E-state index contributed by atoms with van der Waals surface area (Å²) in [6.07, 6.45) is 2.66. The van der Waals surface area contributed by atoms with Crippen LogP contribution >= 0.6 is 39.5 Å². The Morgan fingerprint density at radius 3 is 1.67 bits per heavy atom. The fraction of sp³-hybridized carbons (Fsp3) is 0.267. The first-order valence-electron chi connectivity index (χ1n) is 13.8. The van der Waals surface area contributed by atoms with E-state index in [0.717, 1.165) is 34.8 Å². The highest BCUT2D eigenvalue weighted by Gasteiger charge is 2.23. The summed E-state index contributed by atoms with van der Waals surface area (Å²) < 4.78 is 61.9. The summed E-state index contributed by atoms with van der Waals surface area (Å²) in [6.45, 7) is 3.91. The third-order valence-electron chi connectivity index (χ3n) is 5.80. The lowest BCUT2D eigenvalue weighted by Gasteiger charge is -2.14. The number of benzene rings is 2. The first-order chi connectivity index (χ1) is 23.2. The molecule has 0 saturated carbocycles. The molecule has 264 valence electrons. The minimum absolute atomic E-state index is 0.0198. The summed E-state index contributed by atoms with van der Waals surface area (Å²) in [7, 11) is 5.40. The number of amides is 1. The number of nitrogen functional groups attached to an aromatic ring is 2. The van der Waals surface area contributed by atoms with Crippen molar-refractivity contribution in [1.29, 1.82) is 0 Å². The zero-order valence-electron chi connectivity index (χ0n) is 27.0. The number of ether oxygens (including phenoxy) is 2. The van der Waals surface area contributed by atoms with E-state index >= 15 is 0 Å². The number of hydroxylamine groups is 2. The second-order valence-electron chi connectivity index (χ2n) is 8.95. The molecular formula is C30H32BrF4N7O5S2. The largest absolute Gasteiger partial charge is 0.493 e. The Morgan fingerprint density at radius 2 is 1.24 bits per heavy atom. The molecule has 4 N–H and O–H groups in total. The molecule has 0 unspecified atom stereocenters. The minimum Gasteiger partial charge on any atom is -0.493 e. The van der Waals surface area contributed by atoms with Gasteiger partial charge in [-0.15, -0.1) is 0 Å². The number of aromatic nitrogens is 4. The number of rotatable bonds is 10. The number of nitrogens with two attached hydrogens (primary N) is 2. The summed E-state index contributed by atoms with van der Waals surface area (Å²) in [5.41, 5.74) is 11.4. The van der Waals surface area contributed by atoms with Crippen molar-refractivity contribution in [1.82, 2.24) is 25.0 Å². The monoisotopic (exact) mass is 789 g/mol. The van der Waals surface area contributed by atoms with Crippen LogP contribution in [0.5, 0.6) is 11.5 Å². The van der Waals surface area contributed by atoms with E-state index < -0.39 is 29.1 Å². The fourth-order valence-electron chi connectivity index (χ4n) is 3.55. The number of anilines is 2. The van der Waals surface area contributed by atoms with E-state index in [0.29, 0.717) is 16.4 Å². The average Bonchev–Trinajstić information content (AvgIpc) is 3.04. The molecule has 1 amide bonds. The van der Waals surface area contributed by atoms with E-state index in [-0.39, 0.29) is 50.2 Å². The third kappa shape index (κ3) is 11.4. The van der Waals surface area contributed by atoms with Crippen LogP contribution in [0.4, 0.5) is 29.2 Å². The number of carbonyl (C=O) groups is 2. The number of nitrogens with zero attached hydrogens (tertiary/aromatic N) is 5. The van der Waals surface area contributed by atoms with E-state index in [9.17, 15) is 27.2 Å². The van der Waals surface area contributed by atoms with E-state index in [4.69, 9.17) is 21.0 Å². The Bertz CT molecular complexity index is 1760. The Hall–Kier alpha value is -4.20. The molecule has 49 heavy (non-hydrogen) atoms. The normalized spacial score (nSPS) is 10.3. The molecule has 12 nitrogen and oxygen atoms in total. The van der Waals surface area contributed by atoms with Gasteiger partial charge < -0.3 is 20.9 Å². The van der Waals surface area contributed by atoms with Crippen molar-refractivity contribution in [3.8, 4) is 11.5 Å². The van der Waals surface area contributed by atoms with Crippen molar-refractivity contribution in [2.75, 3.05) is 51.4 Å². The molecule has 0 aliphatic heterocycles. The van der Waals surface area contributed by atoms with Crippen LogP contribution in [0.1, 0.15) is 40.1 Å². The molecule has 2 aromatic carbocycles. The summed E-state index contributed by atoms with van der Waals surface area (Å²) in [5, 5.41) is 2.06. The van der Waals surface area contributed by atoms with Crippen molar-refractivity contribution in [3.63, 3.8) is 0 Å². The van der Waals surface area contributed by atoms with Crippen molar-refractivity contribution >= 4 is 62.8 Å². The molecule has 4 rings (SSSR count). The topological polar surface area (TPSA) is 169 Å². The van der Waals surface area contributed by atoms with Crippen LogP contribution < -0.4 is 20.9 Å². The lowest BCUT2D eigenvalue weighted by atomic mass is 10.0. The van der Waals surface area contributed by atoms with Crippen LogP contribution in [0.3, 0.4) is 0 Å². The lowest BCUT2D eigenvalue weighted by molar-refractivity contribution is -0.0756. The summed E-state index contributed by atoms with van der Waals surface area (Å²) in [6, 6.07) is 3.43. The first-order valence-corrected chi connectivity index (χ1v) is 16.6. The van der Waals surface area contributed by atoms with Crippen molar-refractivity contribution in [3.05, 3.63) is 81.1 Å². The van der Waals surface area contributed by atoms with Gasteiger partial charge in [0.25, 0.3) is 5.91 Å². The van der Waals surface area contributed by atoms with Crippen LogP contribution in [0.2, 0.25) is 0 Å². The first kappa shape index (κ1) is 41.0. The second kappa shape index (κ2) is 19.7. The Kier molecular flexibility index (Phi) is 16.5. The van der Waals surface area contributed by atoms with Gasteiger partial charge in [0, 0.05) is 31.6 Å². The number of carbonyl (C=O) groups excluding carboxylic acids is 2. The lowest BCUT2D eigenvalue weighted by Crippen LogP contribution is -2.26. The smallest absolute Gasteiger partial charge is 0.282 e. The van der Waals surface area contributed by atoms with Crippen molar-refractivity contribution in [2.24, 2.45) is 0 Å². The van der Waals surface area contributed by atoms with Gasteiger partial charge in [0.15, 0.2) is 33.4 Å². The predicted octanol–water partition coefficient (Wildman–Crippen LogP) is 6.23. The van der Waals surface area contributed by atoms with Gasteiger partial charge in [-0.05, 0) is 39.6 Å². The van der Waals surface area contributed by atoms with Crippen LogP contribution in [0.25, 0.3) is 0 Å². The van der Waals surface area contributed by atoms with Crippen molar-refractivity contribution in [2.45, 2.75) is 24.2 Å². The number of halogens is 5. The summed E-state index contributed by atoms with van der Waals surface area (Å²) in [4.78, 5) is 45.0. The Balaban J connectivity index is 0.000000271. The molecule has 0 bridgehead atoms. The van der Waals surface area contributed by atoms with Crippen molar-refractivity contribution < 1.29 is 41.5 Å². The average molecular weight is 791 g/mol. The summed E-state index contributed by atoms with van der Waals surface area (Å²) in [5.74, 6) is -2.89. The molecule has 0 aliphatic carbocycles. The van der Waals surface area contributed by atoms with Crippen LogP contribution in [-0.4, -0.2) is 76.6 Å². The van der Waals surface area contributed by atoms with Gasteiger partial charge in [-0.25, -0.2) is 42.6 Å². The van der Waals surface area contributed by atoms with Crippen LogP contribution in [0.15, 0.2) is 51.4 Å². The highest BCUT2D eigenvalue weighted by atomic mass is 79.9. The van der Waals surface area contributed by atoms with Crippen LogP contribution in [0, 0.1) is 23.3 Å². The van der Waals surface area contributed by atoms with E-state index in [1.165, 1.54) is 64.3 Å². The van der Waals surface area contributed by atoms with Gasteiger partial charge in [-0.3, -0.25) is 14.4 Å². The van der Waals surface area contributed by atoms with Gasteiger partial charge in [-0.1, -0.05) is 37.4 Å². The SMILES string of the molecule is CCSc1ncc(C(=O)N(C)OC)c(N)n1.CCSc1ncc(C(=O)c2cc(F)cc(F)c2OC)c(N)n1.COc1c(F)cc(F)cc1Br. The maximum atomic E-state index is 13.7. The number of hydrogen-bond donors (Lipinski definition) is 2. The zero-order valence-corrected chi connectivity index (χ0v) is 30.2. The fourth-order valence-corrected chi connectivity index (χ4v) is 5.22. The Morgan fingerprint density at radius 1 is 0.776 bits per heavy atom. The number of methoxy groups -OCH3 is 2. The van der Waals surface area contributed by atoms with Gasteiger partial charge in [0.1, 0.15) is 28.8 Å². The standard InChI is InChI=1S/C14H13F2N3O2S.C9H14N4O2S.C7H5BrF2O/c1-3-22-14-18-6-9(13(17)19-14)11(20)8-4-7(15)5-10(16)12(8)21-2;1-4-16-9-11-5-6(7(10)12-9)8(14)13(2)15-3;1-11-7-5(8)2-4(9)3-6(7)10/h4-6H,3H2,1-2H3,(H2,17,18,19);5H,4H2,1-3H3,(H2,10,11,12);2-3H,1H3. The molecule has 0 spiro atoms. The number of ketones is 1. The maximum Gasteiger partial charge on any atom is 0.282 e. The number of thioether (sulfide) groups is 2. The van der Waals surface area contributed by atoms with E-state index in [1.54, 1.807) is 0 Å². The highest BCUT2D eigenvalue weighted by molar-refractivity contribution is 9.10. The zero-order chi connectivity index (χ0) is 36.8. The van der Waals surface area contributed by atoms with Gasteiger partial charge in [0.05, 0.1) is 36.9 Å². The molecule has 0 aliphatic rings. The minimum atomic E-state index is -0.969. The second-order valence-corrected chi connectivity index (χ2v) is 12.3. The molecule has 19 heteroatoms. The van der Waals surface area contributed by atoms with Gasteiger partial charge in [0.2, 0.25) is 5.78 Å².